The summed E-state index contributed by atoms with van der Waals surface area (Å²) in [6, 6.07) is -0.904. The van der Waals surface area contributed by atoms with E-state index in [4.69, 9.17) is 10.8 Å². The molecule has 0 aliphatic rings. The molecule has 0 bridgehead atoms. The van der Waals surface area contributed by atoms with Crippen LogP contribution in [0.15, 0.2) is 0 Å². The smallest absolute Gasteiger partial charge is 0.325 e. The average Bonchev–Trinajstić information content (AvgIpc) is 2.01. The molecule has 1 unspecified atom stereocenters. The van der Waals surface area contributed by atoms with Crippen molar-refractivity contribution in [1.29, 1.82) is 0 Å². The Labute approximate surface area is 90.0 Å². The van der Waals surface area contributed by atoms with Crippen LogP contribution in [-0.4, -0.2) is 28.6 Å². The number of aliphatic carboxylic acids is 1. The van der Waals surface area contributed by atoms with E-state index < -0.39 is 23.0 Å². The number of carboxylic acids is 1. The first-order chi connectivity index (χ1) is 6.50. The highest BCUT2D eigenvalue weighted by Crippen LogP contribution is 2.28. The monoisotopic (exact) mass is 216 g/mol. The molecule has 0 saturated carbocycles. The Bertz CT molecular complexity index is 266. The van der Waals surface area contributed by atoms with E-state index in [0.29, 0.717) is 0 Å². The fourth-order valence-corrected chi connectivity index (χ4v) is 0.731. The van der Waals surface area contributed by atoms with Crippen LogP contribution in [0.1, 0.15) is 34.6 Å². The molecule has 1 atom stereocenters. The predicted octanol–water partition coefficient (Wildman–Crippen LogP) is 0.339. The van der Waals surface area contributed by atoms with Crippen LogP contribution in [0.25, 0.3) is 0 Å². The maximum absolute atomic E-state index is 11.8. The second-order valence-corrected chi connectivity index (χ2v) is 4.88. The Hall–Kier alpha value is -1.10. The van der Waals surface area contributed by atoms with E-state index in [0.717, 1.165) is 0 Å². The highest BCUT2D eigenvalue weighted by molar-refractivity contribution is 5.87. The first kappa shape index (κ1) is 13.9. The van der Waals surface area contributed by atoms with E-state index in [-0.39, 0.29) is 5.91 Å². The van der Waals surface area contributed by atoms with Gasteiger partial charge in [0.25, 0.3) is 0 Å². The van der Waals surface area contributed by atoms with Gasteiger partial charge >= 0.3 is 5.97 Å². The van der Waals surface area contributed by atoms with Gasteiger partial charge in [-0.25, -0.2) is 0 Å². The minimum Gasteiger partial charge on any atom is -0.480 e. The van der Waals surface area contributed by atoms with E-state index in [1.807, 2.05) is 0 Å². The third-order valence-electron chi connectivity index (χ3n) is 2.90. The van der Waals surface area contributed by atoms with Crippen molar-refractivity contribution in [3.05, 3.63) is 0 Å². The molecule has 0 heterocycles. The number of nitrogens with one attached hydrogen (secondary N) is 1. The summed E-state index contributed by atoms with van der Waals surface area (Å²) >= 11 is 0. The molecule has 5 heteroatoms. The van der Waals surface area contributed by atoms with Crippen molar-refractivity contribution < 1.29 is 14.7 Å². The van der Waals surface area contributed by atoms with Crippen molar-refractivity contribution >= 4 is 11.9 Å². The molecular formula is C10H20N2O3. The lowest BCUT2D eigenvalue weighted by Gasteiger charge is -2.37. The SMILES string of the molecule is CC(NC(=O)C(C)(C)C(C)(C)N)C(=O)O. The molecule has 0 aromatic carbocycles. The minimum atomic E-state index is -1.06. The van der Waals surface area contributed by atoms with Gasteiger partial charge in [-0.1, -0.05) is 0 Å². The Morgan fingerprint density at radius 3 is 1.93 bits per heavy atom. The number of carbonyl (C=O) groups excluding carboxylic acids is 1. The zero-order valence-corrected chi connectivity index (χ0v) is 9.92. The van der Waals surface area contributed by atoms with Crippen LogP contribution >= 0.6 is 0 Å². The van der Waals surface area contributed by atoms with Gasteiger partial charge in [-0.15, -0.1) is 0 Å². The predicted molar refractivity (Wildman–Crippen MR) is 57.3 cm³/mol. The van der Waals surface area contributed by atoms with Crippen LogP contribution in [0.4, 0.5) is 0 Å². The lowest BCUT2D eigenvalue weighted by molar-refractivity contribution is -0.143. The summed E-state index contributed by atoms with van der Waals surface area (Å²) in [5, 5.41) is 11.1. The van der Waals surface area contributed by atoms with Crippen LogP contribution in [-0.2, 0) is 9.59 Å². The molecule has 0 radical (unpaired) electrons. The summed E-state index contributed by atoms with van der Waals surface area (Å²) in [5.74, 6) is -1.42. The molecule has 5 nitrogen and oxygen atoms in total. The van der Waals surface area contributed by atoms with Crippen LogP contribution in [0, 0.1) is 5.41 Å². The zero-order valence-electron chi connectivity index (χ0n) is 9.92. The second kappa shape index (κ2) is 4.18. The van der Waals surface area contributed by atoms with Crippen molar-refractivity contribution in [3.63, 3.8) is 0 Å². The topological polar surface area (TPSA) is 92.4 Å². The number of hydrogen-bond donors (Lipinski definition) is 3. The van der Waals surface area contributed by atoms with Crippen molar-refractivity contribution in [1.82, 2.24) is 5.32 Å². The summed E-state index contributed by atoms with van der Waals surface area (Å²) in [6.45, 7) is 8.27. The number of nitrogens with two attached hydrogens (primary N) is 1. The molecule has 0 aromatic rings. The van der Waals surface area contributed by atoms with E-state index in [2.05, 4.69) is 5.32 Å². The van der Waals surface area contributed by atoms with Gasteiger partial charge in [0, 0.05) is 5.54 Å². The molecule has 0 aliphatic heterocycles. The number of hydrogen-bond acceptors (Lipinski definition) is 3. The van der Waals surface area contributed by atoms with Gasteiger partial charge in [-0.05, 0) is 34.6 Å². The minimum absolute atomic E-state index is 0.357. The number of carbonyl (C=O) groups is 2. The molecule has 0 fully saturated rings. The van der Waals surface area contributed by atoms with Gasteiger partial charge in [0.2, 0.25) is 5.91 Å². The van der Waals surface area contributed by atoms with Crippen molar-refractivity contribution in [3.8, 4) is 0 Å². The van der Waals surface area contributed by atoms with E-state index in [1.165, 1.54) is 6.92 Å². The Morgan fingerprint density at radius 2 is 1.67 bits per heavy atom. The maximum atomic E-state index is 11.8. The van der Waals surface area contributed by atoms with Crippen LogP contribution in [0.3, 0.4) is 0 Å². The second-order valence-electron chi connectivity index (χ2n) is 4.88. The van der Waals surface area contributed by atoms with Gasteiger partial charge < -0.3 is 16.2 Å². The molecule has 0 rings (SSSR count). The lowest BCUT2D eigenvalue weighted by Crippen LogP contribution is -2.57. The summed E-state index contributed by atoms with van der Waals surface area (Å²) in [6.07, 6.45) is 0. The van der Waals surface area contributed by atoms with Crippen molar-refractivity contribution in [2.75, 3.05) is 0 Å². The molecule has 0 aromatic heterocycles. The molecule has 4 N–H and O–H groups in total. The molecule has 15 heavy (non-hydrogen) atoms. The van der Waals surface area contributed by atoms with Crippen molar-refractivity contribution in [2.24, 2.45) is 11.1 Å². The Kier molecular flexibility index (Phi) is 3.88. The van der Waals surface area contributed by atoms with Crippen LogP contribution in [0.5, 0.6) is 0 Å². The lowest BCUT2D eigenvalue weighted by atomic mass is 9.74. The fourth-order valence-electron chi connectivity index (χ4n) is 0.731. The summed E-state index contributed by atoms with van der Waals surface area (Å²) in [4.78, 5) is 22.3. The molecular weight excluding hydrogens is 196 g/mol. The zero-order chi connectivity index (χ0) is 12.4. The number of amides is 1. The third-order valence-corrected chi connectivity index (χ3v) is 2.90. The van der Waals surface area contributed by atoms with Crippen LogP contribution < -0.4 is 11.1 Å². The number of rotatable bonds is 4. The highest BCUT2D eigenvalue weighted by Gasteiger charge is 2.41. The van der Waals surface area contributed by atoms with E-state index in [9.17, 15) is 9.59 Å². The third kappa shape index (κ3) is 3.20. The van der Waals surface area contributed by atoms with Crippen molar-refractivity contribution in [2.45, 2.75) is 46.2 Å². The molecule has 0 saturated heterocycles. The summed E-state index contributed by atoms with van der Waals surface area (Å²) in [7, 11) is 0. The van der Waals surface area contributed by atoms with Gasteiger partial charge in [-0.3, -0.25) is 9.59 Å². The Morgan fingerprint density at radius 1 is 1.27 bits per heavy atom. The normalized spacial score (nSPS) is 14.5. The maximum Gasteiger partial charge on any atom is 0.325 e. The molecule has 88 valence electrons. The summed E-state index contributed by atoms with van der Waals surface area (Å²) < 4.78 is 0. The first-order valence-electron chi connectivity index (χ1n) is 4.83. The highest BCUT2D eigenvalue weighted by atomic mass is 16.4. The van der Waals surface area contributed by atoms with Gasteiger partial charge in [-0.2, -0.15) is 0 Å². The standard InChI is InChI=1S/C10H20N2O3/c1-6(7(13)14)12-8(15)9(2,3)10(4,5)11/h6H,11H2,1-5H3,(H,12,15)(H,13,14). The van der Waals surface area contributed by atoms with Crippen LogP contribution in [0.2, 0.25) is 0 Å². The summed E-state index contributed by atoms with van der Waals surface area (Å²) in [5.41, 5.74) is 4.32. The fraction of sp³-hybridized carbons (Fsp3) is 0.800. The van der Waals surface area contributed by atoms with Gasteiger partial charge in [0.15, 0.2) is 0 Å². The average molecular weight is 216 g/mol. The molecule has 1 amide bonds. The first-order valence-corrected chi connectivity index (χ1v) is 4.83. The van der Waals surface area contributed by atoms with Gasteiger partial charge in [0.1, 0.15) is 6.04 Å². The quantitative estimate of drug-likeness (QED) is 0.631. The van der Waals surface area contributed by atoms with E-state index in [1.54, 1.807) is 27.7 Å². The largest absolute Gasteiger partial charge is 0.480 e. The van der Waals surface area contributed by atoms with E-state index >= 15 is 0 Å². The van der Waals surface area contributed by atoms with Gasteiger partial charge in [0.05, 0.1) is 5.41 Å². The Balaban J connectivity index is 4.66. The molecule has 0 spiro atoms. The molecule has 0 aliphatic carbocycles. The number of carboxylic acid groups (broad SMARTS) is 1.